The monoisotopic (exact) mass is 320 g/mol. The Morgan fingerprint density at radius 1 is 1.05 bits per heavy atom. The molecule has 1 unspecified atom stereocenters. The maximum atomic E-state index is 6.17. The fourth-order valence-corrected chi connectivity index (χ4v) is 3.29. The minimum atomic E-state index is 0.459. The highest BCUT2D eigenvalue weighted by atomic mass is 35.5. The van der Waals surface area contributed by atoms with Crippen LogP contribution in [0.15, 0.2) is 42.5 Å². The molecular weight excluding hydrogens is 303 g/mol. The van der Waals surface area contributed by atoms with E-state index in [-0.39, 0.29) is 0 Å². The molecule has 0 aromatic heterocycles. The van der Waals surface area contributed by atoms with E-state index < -0.39 is 0 Å². The standard InChI is InChI=1S/C17H18Cl2N2/c1-20(2)16-9-10-21(17-6-4-3-5-13(16)17)12-7-8-14(18)15(19)11-12/h3-8,11,16H,9-10H2,1-2H3. The van der Waals surface area contributed by atoms with Crippen molar-refractivity contribution in [3.63, 3.8) is 0 Å². The van der Waals surface area contributed by atoms with Gasteiger partial charge in [-0.3, -0.25) is 0 Å². The highest BCUT2D eigenvalue weighted by Crippen LogP contribution is 2.41. The molecule has 1 heterocycles. The molecule has 0 saturated heterocycles. The van der Waals surface area contributed by atoms with Crippen LogP contribution in [0.1, 0.15) is 18.0 Å². The van der Waals surface area contributed by atoms with Gasteiger partial charge in [-0.15, -0.1) is 0 Å². The molecule has 2 aromatic rings. The van der Waals surface area contributed by atoms with Crippen molar-refractivity contribution in [2.75, 3.05) is 25.5 Å². The molecule has 2 nitrogen and oxygen atoms in total. The first kappa shape index (κ1) is 14.7. The molecule has 21 heavy (non-hydrogen) atoms. The SMILES string of the molecule is CN(C)C1CCN(c2ccc(Cl)c(Cl)c2)c2ccccc21. The quantitative estimate of drug-likeness (QED) is 0.756. The number of hydrogen-bond donors (Lipinski definition) is 0. The molecule has 0 radical (unpaired) electrons. The van der Waals surface area contributed by atoms with E-state index in [1.807, 2.05) is 18.2 Å². The van der Waals surface area contributed by atoms with Crippen molar-refractivity contribution >= 4 is 34.6 Å². The molecule has 110 valence electrons. The fraction of sp³-hybridized carbons (Fsp3) is 0.294. The molecule has 0 bridgehead atoms. The fourth-order valence-electron chi connectivity index (χ4n) is 3.00. The predicted octanol–water partition coefficient (Wildman–Crippen LogP) is 5.14. The Morgan fingerprint density at radius 2 is 1.81 bits per heavy atom. The van der Waals surface area contributed by atoms with Gasteiger partial charge in [0.1, 0.15) is 0 Å². The van der Waals surface area contributed by atoms with E-state index in [1.54, 1.807) is 0 Å². The van der Waals surface area contributed by atoms with Crippen LogP contribution in [0.25, 0.3) is 0 Å². The molecule has 1 aliphatic rings. The van der Waals surface area contributed by atoms with Crippen LogP contribution in [-0.2, 0) is 0 Å². The number of para-hydroxylation sites is 1. The van der Waals surface area contributed by atoms with Crippen LogP contribution in [0.2, 0.25) is 10.0 Å². The number of rotatable bonds is 2. The van der Waals surface area contributed by atoms with E-state index in [0.29, 0.717) is 16.1 Å². The van der Waals surface area contributed by atoms with E-state index in [2.05, 4.69) is 48.2 Å². The van der Waals surface area contributed by atoms with Crippen LogP contribution in [0, 0.1) is 0 Å². The van der Waals surface area contributed by atoms with Crippen molar-refractivity contribution in [1.82, 2.24) is 4.90 Å². The number of benzene rings is 2. The van der Waals surface area contributed by atoms with Crippen LogP contribution in [0.5, 0.6) is 0 Å². The summed E-state index contributed by atoms with van der Waals surface area (Å²) in [6, 6.07) is 14.9. The van der Waals surface area contributed by atoms with Crippen molar-refractivity contribution in [2.45, 2.75) is 12.5 Å². The number of hydrogen-bond acceptors (Lipinski definition) is 2. The molecular formula is C17H18Cl2N2. The molecule has 2 aromatic carbocycles. The molecule has 0 spiro atoms. The zero-order chi connectivity index (χ0) is 15.0. The second kappa shape index (κ2) is 5.88. The van der Waals surface area contributed by atoms with Gasteiger partial charge in [-0.05, 0) is 50.3 Å². The van der Waals surface area contributed by atoms with Gasteiger partial charge in [0, 0.05) is 24.0 Å². The van der Waals surface area contributed by atoms with Crippen LogP contribution >= 0.6 is 23.2 Å². The lowest BCUT2D eigenvalue weighted by atomic mass is 9.95. The molecule has 1 atom stereocenters. The summed E-state index contributed by atoms with van der Waals surface area (Å²) in [5.41, 5.74) is 3.70. The topological polar surface area (TPSA) is 6.48 Å². The van der Waals surface area contributed by atoms with Gasteiger partial charge in [0.2, 0.25) is 0 Å². The van der Waals surface area contributed by atoms with Gasteiger partial charge < -0.3 is 9.80 Å². The van der Waals surface area contributed by atoms with Crippen molar-refractivity contribution in [1.29, 1.82) is 0 Å². The van der Waals surface area contributed by atoms with Crippen molar-refractivity contribution in [2.24, 2.45) is 0 Å². The third-order valence-electron chi connectivity index (χ3n) is 4.05. The van der Waals surface area contributed by atoms with E-state index in [0.717, 1.165) is 18.7 Å². The summed E-state index contributed by atoms with van der Waals surface area (Å²) in [6.45, 7) is 0.970. The third kappa shape index (κ3) is 2.76. The number of nitrogens with zero attached hydrogens (tertiary/aromatic N) is 2. The third-order valence-corrected chi connectivity index (χ3v) is 4.79. The van der Waals surface area contributed by atoms with Crippen LogP contribution < -0.4 is 4.90 Å². The van der Waals surface area contributed by atoms with E-state index in [4.69, 9.17) is 23.2 Å². The highest BCUT2D eigenvalue weighted by molar-refractivity contribution is 6.42. The largest absolute Gasteiger partial charge is 0.341 e. The maximum absolute atomic E-state index is 6.17. The van der Waals surface area contributed by atoms with Crippen molar-refractivity contribution in [3.8, 4) is 0 Å². The molecule has 0 aliphatic carbocycles. The predicted molar refractivity (Wildman–Crippen MR) is 91.0 cm³/mol. The lowest BCUT2D eigenvalue weighted by molar-refractivity contribution is 0.281. The molecule has 0 N–H and O–H groups in total. The Hall–Kier alpha value is -1.22. The molecule has 3 rings (SSSR count). The average molecular weight is 321 g/mol. The molecule has 0 saturated carbocycles. The molecule has 0 fully saturated rings. The average Bonchev–Trinajstić information content (AvgIpc) is 2.49. The van der Waals surface area contributed by atoms with Gasteiger partial charge in [-0.1, -0.05) is 41.4 Å². The van der Waals surface area contributed by atoms with E-state index >= 15 is 0 Å². The zero-order valence-corrected chi connectivity index (χ0v) is 13.7. The van der Waals surface area contributed by atoms with Gasteiger partial charge in [0.15, 0.2) is 0 Å². The van der Waals surface area contributed by atoms with Gasteiger partial charge >= 0.3 is 0 Å². The van der Waals surface area contributed by atoms with Crippen LogP contribution in [-0.4, -0.2) is 25.5 Å². The second-order valence-electron chi connectivity index (χ2n) is 5.58. The van der Waals surface area contributed by atoms with E-state index in [9.17, 15) is 0 Å². The second-order valence-corrected chi connectivity index (χ2v) is 6.39. The van der Waals surface area contributed by atoms with Gasteiger partial charge in [0.05, 0.1) is 10.0 Å². The summed E-state index contributed by atoms with van der Waals surface area (Å²) in [4.78, 5) is 4.60. The first-order chi connectivity index (χ1) is 10.1. The minimum Gasteiger partial charge on any atom is -0.341 e. The summed E-state index contributed by atoms with van der Waals surface area (Å²) < 4.78 is 0. The maximum Gasteiger partial charge on any atom is 0.0613 e. The Kier molecular flexibility index (Phi) is 4.12. The minimum absolute atomic E-state index is 0.459. The number of fused-ring (bicyclic) bond motifs is 1. The lowest BCUT2D eigenvalue weighted by Crippen LogP contribution is -2.32. The zero-order valence-electron chi connectivity index (χ0n) is 12.2. The van der Waals surface area contributed by atoms with E-state index in [1.165, 1.54) is 11.3 Å². The summed E-state index contributed by atoms with van der Waals surface area (Å²) in [5.74, 6) is 0. The van der Waals surface area contributed by atoms with Gasteiger partial charge in [-0.25, -0.2) is 0 Å². The van der Waals surface area contributed by atoms with Crippen LogP contribution in [0.4, 0.5) is 11.4 Å². The number of anilines is 2. The lowest BCUT2D eigenvalue weighted by Gasteiger charge is -2.38. The first-order valence-electron chi connectivity index (χ1n) is 7.06. The first-order valence-corrected chi connectivity index (χ1v) is 7.81. The Balaban J connectivity index is 2.05. The summed E-state index contributed by atoms with van der Waals surface area (Å²) in [5, 5.41) is 1.19. The summed E-state index contributed by atoms with van der Waals surface area (Å²) >= 11 is 12.2. The normalized spacial score (nSPS) is 18.0. The Morgan fingerprint density at radius 3 is 2.52 bits per heavy atom. The van der Waals surface area contributed by atoms with Gasteiger partial charge in [-0.2, -0.15) is 0 Å². The Labute approximate surface area is 135 Å². The van der Waals surface area contributed by atoms with Crippen molar-refractivity contribution in [3.05, 3.63) is 58.1 Å². The number of halogens is 2. The Bertz CT molecular complexity index is 655. The van der Waals surface area contributed by atoms with Crippen molar-refractivity contribution < 1.29 is 0 Å². The summed E-state index contributed by atoms with van der Waals surface area (Å²) in [7, 11) is 4.27. The molecule has 0 amide bonds. The van der Waals surface area contributed by atoms with Gasteiger partial charge in [0.25, 0.3) is 0 Å². The summed E-state index contributed by atoms with van der Waals surface area (Å²) in [6.07, 6.45) is 1.09. The van der Waals surface area contributed by atoms with Crippen LogP contribution in [0.3, 0.4) is 0 Å². The smallest absolute Gasteiger partial charge is 0.0613 e. The molecule has 1 aliphatic heterocycles. The molecule has 4 heteroatoms. The highest BCUT2D eigenvalue weighted by Gasteiger charge is 2.27.